The van der Waals surface area contributed by atoms with Gasteiger partial charge in [0.2, 0.25) is 0 Å². The monoisotopic (exact) mass is 387 g/mol. The summed E-state index contributed by atoms with van der Waals surface area (Å²) in [5, 5.41) is 17.1. The Labute approximate surface area is 167 Å². The van der Waals surface area contributed by atoms with E-state index in [1.165, 1.54) is 0 Å². The zero-order chi connectivity index (χ0) is 20.4. The molecule has 146 valence electrons. The molecule has 0 unspecified atom stereocenters. The van der Waals surface area contributed by atoms with E-state index in [4.69, 9.17) is 0 Å². The van der Waals surface area contributed by atoms with Crippen LogP contribution in [0.2, 0.25) is 0 Å². The first-order valence-corrected chi connectivity index (χ1v) is 9.34. The molecule has 4 aromatic rings. The number of nitrogens with one attached hydrogen (secondary N) is 3. The van der Waals surface area contributed by atoms with Crippen LogP contribution in [-0.4, -0.2) is 36.3 Å². The standard InChI is InChI=1S/C21H21N7O/c1-12(2)18-24-20(28-26-18)16-6-4-5-7-17(16)23-21(29)15-10-8-14(9-11-15)19-22-13(3)25-27-19/h4-12H,1-3H3,(H,23,29)(H,22,25,27)(H,24,26,28). The molecule has 29 heavy (non-hydrogen) atoms. The Balaban J connectivity index is 1.55. The van der Waals surface area contributed by atoms with Gasteiger partial charge >= 0.3 is 0 Å². The number of aromatic amines is 2. The Bertz CT molecular complexity index is 1140. The van der Waals surface area contributed by atoms with E-state index in [0.29, 0.717) is 22.9 Å². The smallest absolute Gasteiger partial charge is 0.255 e. The Hall–Kier alpha value is -3.81. The van der Waals surface area contributed by atoms with Crippen molar-refractivity contribution in [2.24, 2.45) is 0 Å². The molecule has 8 nitrogen and oxygen atoms in total. The van der Waals surface area contributed by atoms with Crippen LogP contribution in [-0.2, 0) is 0 Å². The van der Waals surface area contributed by atoms with Crippen molar-refractivity contribution in [2.45, 2.75) is 26.7 Å². The van der Waals surface area contributed by atoms with Crippen LogP contribution in [0.4, 0.5) is 5.69 Å². The number of carbonyl (C=O) groups is 1. The Morgan fingerprint density at radius 2 is 1.66 bits per heavy atom. The molecule has 0 fully saturated rings. The molecular formula is C21H21N7O. The molecule has 0 saturated heterocycles. The number of amides is 1. The summed E-state index contributed by atoms with van der Waals surface area (Å²) >= 11 is 0. The minimum atomic E-state index is -0.213. The van der Waals surface area contributed by atoms with Crippen molar-refractivity contribution < 1.29 is 4.79 Å². The fraction of sp³-hybridized carbons (Fsp3) is 0.190. The third-order valence-electron chi connectivity index (χ3n) is 4.47. The molecule has 4 rings (SSSR count). The summed E-state index contributed by atoms with van der Waals surface area (Å²) in [6, 6.07) is 14.6. The van der Waals surface area contributed by atoms with Gasteiger partial charge in [-0.05, 0) is 31.2 Å². The number of para-hydroxylation sites is 1. The fourth-order valence-electron chi connectivity index (χ4n) is 2.88. The van der Waals surface area contributed by atoms with Crippen LogP contribution >= 0.6 is 0 Å². The maximum absolute atomic E-state index is 12.8. The second-order valence-corrected chi connectivity index (χ2v) is 7.02. The zero-order valence-corrected chi connectivity index (χ0v) is 16.4. The lowest BCUT2D eigenvalue weighted by Crippen LogP contribution is -2.12. The predicted octanol–water partition coefficient (Wildman–Crippen LogP) is 3.94. The highest BCUT2D eigenvalue weighted by Crippen LogP contribution is 2.26. The molecule has 0 atom stereocenters. The van der Waals surface area contributed by atoms with Crippen LogP contribution in [0.15, 0.2) is 48.5 Å². The zero-order valence-electron chi connectivity index (χ0n) is 16.4. The molecule has 2 heterocycles. The van der Waals surface area contributed by atoms with E-state index >= 15 is 0 Å². The predicted molar refractivity (Wildman–Crippen MR) is 110 cm³/mol. The second-order valence-electron chi connectivity index (χ2n) is 7.02. The van der Waals surface area contributed by atoms with E-state index in [1.54, 1.807) is 12.1 Å². The third-order valence-corrected chi connectivity index (χ3v) is 4.47. The number of aryl methyl sites for hydroxylation is 1. The summed E-state index contributed by atoms with van der Waals surface area (Å²) in [6.45, 7) is 5.93. The Morgan fingerprint density at radius 1 is 0.931 bits per heavy atom. The fourth-order valence-corrected chi connectivity index (χ4v) is 2.88. The third kappa shape index (κ3) is 3.91. The number of anilines is 1. The largest absolute Gasteiger partial charge is 0.321 e. The summed E-state index contributed by atoms with van der Waals surface area (Å²) in [6.07, 6.45) is 0. The number of rotatable bonds is 5. The van der Waals surface area contributed by atoms with Gasteiger partial charge in [0.15, 0.2) is 11.6 Å². The lowest BCUT2D eigenvalue weighted by atomic mass is 10.1. The highest BCUT2D eigenvalue weighted by Gasteiger charge is 2.15. The summed E-state index contributed by atoms with van der Waals surface area (Å²) in [5.41, 5.74) is 2.79. The van der Waals surface area contributed by atoms with Crippen molar-refractivity contribution >= 4 is 11.6 Å². The number of nitrogens with zero attached hydrogens (tertiary/aromatic N) is 4. The lowest BCUT2D eigenvalue weighted by molar-refractivity contribution is 0.102. The van der Waals surface area contributed by atoms with Crippen molar-refractivity contribution in [1.29, 1.82) is 0 Å². The molecule has 0 radical (unpaired) electrons. The quantitative estimate of drug-likeness (QED) is 0.480. The molecular weight excluding hydrogens is 366 g/mol. The first kappa shape index (κ1) is 18.5. The number of hydrogen-bond acceptors (Lipinski definition) is 5. The molecule has 0 spiro atoms. The first-order valence-electron chi connectivity index (χ1n) is 9.34. The van der Waals surface area contributed by atoms with Gasteiger partial charge in [-0.25, -0.2) is 9.97 Å². The van der Waals surface area contributed by atoms with Crippen LogP contribution in [0.3, 0.4) is 0 Å². The van der Waals surface area contributed by atoms with E-state index in [0.717, 1.165) is 22.8 Å². The SMILES string of the molecule is Cc1nc(-c2ccc(C(=O)Nc3ccccc3-c3n[nH]c(C(C)C)n3)cc2)n[nH]1. The van der Waals surface area contributed by atoms with Gasteiger partial charge in [0.25, 0.3) is 5.91 Å². The van der Waals surface area contributed by atoms with Crippen LogP contribution in [0.25, 0.3) is 22.8 Å². The molecule has 8 heteroatoms. The van der Waals surface area contributed by atoms with Crippen LogP contribution in [0.5, 0.6) is 0 Å². The summed E-state index contributed by atoms with van der Waals surface area (Å²) in [7, 11) is 0. The molecule has 2 aromatic carbocycles. The average Bonchev–Trinajstić information content (AvgIpc) is 3.38. The van der Waals surface area contributed by atoms with Crippen LogP contribution in [0, 0.1) is 6.92 Å². The number of aromatic nitrogens is 6. The molecule has 1 amide bonds. The van der Waals surface area contributed by atoms with Gasteiger partial charge in [0.1, 0.15) is 11.6 Å². The van der Waals surface area contributed by atoms with Gasteiger partial charge in [-0.2, -0.15) is 10.2 Å². The van der Waals surface area contributed by atoms with Crippen molar-refractivity contribution in [1.82, 2.24) is 30.4 Å². The summed E-state index contributed by atoms with van der Waals surface area (Å²) in [5.74, 6) is 2.73. The Kier molecular flexibility index (Phi) is 4.90. The minimum Gasteiger partial charge on any atom is -0.321 e. The molecule has 0 bridgehead atoms. The van der Waals surface area contributed by atoms with Gasteiger partial charge in [0.05, 0.1) is 5.69 Å². The average molecular weight is 387 g/mol. The van der Waals surface area contributed by atoms with Crippen LogP contribution < -0.4 is 5.32 Å². The molecule has 3 N–H and O–H groups in total. The number of H-pyrrole nitrogens is 2. The lowest BCUT2D eigenvalue weighted by Gasteiger charge is -2.09. The maximum Gasteiger partial charge on any atom is 0.255 e. The van der Waals surface area contributed by atoms with Gasteiger partial charge < -0.3 is 5.32 Å². The highest BCUT2D eigenvalue weighted by molar-refractivity contribution is 6.06. The number of carbonyl (C=O) groups excluding carboxylic acids is 1. The van der Waals surface area contributed by atoms with E-state index in [9.17, 15) is 4.79 Å². The number of hydrogen-bond donors (Lipinski definition) is 3. The molecule has 2 aromatic heterocycles. The van der Waals surface area contributed by atoms with E-state index < -0.39 is 0 Å². The van der Waals surface area contributed by atoms with Gasteiger partial charge in [-0.3, -0.25) is 15.0 Å². The van der Waals surface area contributed by atoms with Crippen molar-refractivity contribution in [3.63, 3.8) is 0 Å². The van der Waals surface area contributed by atoms with Crippen molar-refractivity contribution in [2.75, 3.05) is 5.32 Å². The van der Waals surface area contributed by atoms with E-state index in [-0.39, 0.29) is 11.8 Å². The van der Waals surface area contributed by atoms with E-state index in [2.05, 4.69) is 35.7 Å². The van der Waals surface area contributed by atoms with Gasteiger partial charge in [-0.1, -0.05) is 38.1 Å². The normalized spacial score (nSPS) is 11.0. The second kappa shape index (κ2) is 7.67. The van der Waals surface area contributed by atoms with Crippen molar-refractivity contribution in [3.05, 3.63) is 65.7 Å². The topological polar surface area (TPSA) is 112 Å². The molecule has 0 aliphatic carbocycles. The van der Waals surface area contributed by atoms with Crippen molar-refractivity contribution in [3.8, 4) is 22.8 Å². The summed E-state index contributed by atoms with van der Waals surface area (Å²) in [4.78, 5) is 21.6. The minimum absolute atomic E-state index is 0.213. The molecule has 0 saturated carbocycles. The van der Waals surface area contributed by atoms with E-state index in [1.807, 2.05) is 57.2 Å². The van der Waals surface area contributed by atoms with Gasteiger partial charge in [-0.15, -0.1) is 0 Å². The number of benzene rings is 2. The van der Waals surface area contributed by atoms with Crippen LogP contribution in [0.1, 0.15) is 41.8 Å². The highest BCUT2D eigenvalue weighted by atomic mass is 16.1. The molecule has 0 aliphatic heterocycles. The maximum atomic E-state index is 12.8. The molecule has 0 aliphatic rings. The Morgan fingerprint density at radius 3 is 2.31 bits per heavy atom. The first-order chi connectivity index (χ1) is 14.0. The summed E-state index contributed by atoms with van der Waals surface area (Å²) < 4.78 is 0. The van der Waals surface area contributed by atoms with Gasteiger partial charge in [0, 0.05) is 22.6 Å².